The molecule has 2 N–H and O–H groups in total. The van der Waals surface area contributed by atoms with E-state index in [1.54, 1.807) is 42.5 Å². The van der Waals surface area contributed by atoms with Crippen LogP contribution in [0.3, 0.4) is 0 Å². The Bertz CT molecular complexity index is 758. The number of phenolic OH excluding ortho intramolecular Hbond substituents is 1. The van der Waals surface area contributed by atoms with Crippen LogP contribution in [0.2, 0.25) is 0 Å². The number of hydrogen-bond acceptors (Lipinski definition) is 3. The maximum Gasteiger partial charge on any atom is 0.294 e. The van der Waals surface area contributed by atoms with Crippen LogP contribution in [0.1, 0.15) is 11.1 Å². The number of rotatable bonds is 4. The Kier molecular flexibility index (Phi) is 4.57. The molecule has 0 heterocycles. The van der Waals surface area contributed by atoms with E-state index in [1.807, 2.05) is 6.07 Å². The quantitative estimate of drug-likeness (QED) is 0.671. The van der Waals surface area contributed by atoms with Crippen LogP contribution in [0.5, 0.6) is 5.75 Å². The summed E-state index contributed by atoms with van der Waals surface area (Å²) < 4.78 is 32.1. The van der Waals surface area contributed by atoms with Crippen LogP contribution < -0.4 is 0 Å². The number of allylic oxidation sites excluding steroid dienone is 1. The van der Waals surface area contributed by atoms with Gasteiger partial charge >= 0.3 is 0 Å². The summed E-state index contributed by atoms with van der Waals surface area (Å²) in [5, 5.41) is 9.19. The molecule has 0 aromatic heterocycles. The van der Waals surface area contributed by atoms with Crippen molar-refractivity contribution in [3.8, 4) is 5.75 Å². The summed E-state index contributed by atoms with van der Waals surface area (Å²) in [6.45, 7) is 0. The largest absolute Gasteiger partial charge is 0.508 e. The second-order valence-corrected chi connectivity index (χ2v) is 5.78. The fraction of sp³-hybridized carbons (Fsp3) is 0. The first-order valence-corrected chi connectivity index (χ1v) is 7.60. The minimum absolute atomic E-state index is 0.127. The van der Waals surface area contributed by atoms with E-state index in [1.165, 1.54) is 24.3 Å². The number of phenols is 1. The van der Waals surface area contributed by atoms with Crippen LogP contribution in [0.4, 0.5) is 0 Å². The van der Waals surface area contributed by atoms with Gasteiger partial charge in [0.05, 0.1) is 4.91 Å². The van der Waals surface area contributed by atoms with Crippen molar-refractivity contribution in [2.24, 2.45) is 0 Å². The SMILES string of the molecule is O=S(=O)(O)C(C=Cc1ccc(O)cc1)=Cc1ccccc1. The van der Waals surface area contributed by atoms with Crippen molar-refractivity contribution in [2.45, 2.75) is 0 Å². The number of benzene rings is 2. The molecule has 0 radical (unpaired) electrons. The van der Waals surface area contributed by atoms with Gasteiger partial charge in [0.25, 0.3) is 10.1 Å². The van der Waals surface area contributed by atoms with Gasteiger partial charge in [0.2, 0.25) is 0 Å². The Balaban J connectivity index is 2.34. The average molecular weight is 302 g/mol. The summed E-state index contributed by atoms with van der Waals surface area (Å²) in [6.07, 6.45) is 4.24. The minimum Gasteiger partial charge on any atom is -0.508 e. The van der Waals surface area contributed by atoms with Gasteiger partial charge in [0.15, 0.2) is 0 Å². The van der Waals surface area contributed by atoms with Gasteiger partial charge in [-0.1, -0.05) is 48.5 Å². The smallest absolute Gasteiger partial charge is 0.294 e. The Hall–Kier alpha value is -2.37. The summed E-state index contributed by atoms with van der Waals surface area (Å²) in [4.78, 5) is -0.207. The standard InChI is InChI=1S/C16H14O4S/c17-15-9-6-13(7-10-15)8-11-16(21(18,19)20)12-14-4-2-1-3-5-14/h1-12,17H,(H,18,19,20). The highest BCUT2D eigenvalue weighted by Gasteiger charge is 2.10. The maximum absolute atomic E-state index is 11.4. The van der Waals surface area contributed by atoms with Crippen LogP contribution >= 0.6 is 0 Å². The van der Waals surface area contributed by atoms with Crippen molar-refractivity contribution in [3.05, 3.63) is 76.7 Å². The second kappa shape index (κ2) is 6.39. The van der Waals surface area contributed by atoms with Crippen molar-refractivity contribution in [3.63, 3.8) is 0 Å². The lowest BCUT2D eigenvalue weighted by molar-refractivity contribution is 0.475. The lowest BCUT2D eigenvalue weighted by atomic mass is 10.2. The number of hydrogen-bond donors (Lipinski definition) is 2. The van der Waals surface area contributed by atoms with Crippen LogP contribution in [-0.2, 0) is 10.1 Å². The fourth-order valence-corrected chi connectivity index (χ4v) is 2.21. The van der Waals surface area contributed by atoms with Crippen molar-refractivity contribution < 1.29 is 18.1 Å². The van der Waals surface area contributed by atoms with Gasteiger partial charge < -0.3 is 5.11 Å². The summed E-state index contributed by atoms with van der Waals surface area (Å²) >= 11 is 0. The van der Waals surface area contributed by atoms with Crippen LogP contribution in [0.15, 0.2) is 65.6 Å². The molecular weight excluding hydrogens is 288 g/mol. The molecule has 21 heavy (non-hydrogen) atoms. The molecule has 0 aliphatic carbocycles. The van der Waals surface area contributed by atoms with Crippen molar-refractivity contribution in [1.29, 1.82) is 0 Å². The lowest BCUT2D eigenvalue weighted by Gasteiger charge is -2.00. The van der Waals surface area contributed by atoms with E-state index in [0.29, 0.717) is 11.1 Å². The molecule has 0 atom stereocenters. The van der Waals surface area contributed by atoms with E-state index in [0.717, 1.165) is 0 Å². The zero-order valence-electron chi connectivity index (χ0n) is 11.0. The van der Waals surface area contributed by atoms with Gasteiger partial charge in [-0.2, -0.15) is 8.42 Å². The molecule has 108 valence electrons. The molecule has 0 aliphatic heterocycles. The molecule has 0 saturated carbocycles. The molecule has 0 saturated heterocycles. The van der Waals surface area contributed by atoms with Gasteiger partial charge in [-0.25, -0.2) is 0 Å². The third-order valence-electron chi connectivity index (χ3n) is 2.74. The van der Waals surface area contributed by atoms with Crippen molar-refractivity contribution >= 4 is 22.3 Å². The molecule has 2 aromatic rings. The van der Waals surface area contributed by atoms with E-state index in [-0.39, 0.29) is 10.7 Å². The molecule has 4 nitrogen and oxygen atoms in total. The van der Waals surface area contributed by atoms with Gasteiger partial charge in [-0.15, -0.1) is 0 Å². The van der Waals surface area contributed by atoms with E-state index in [9.17, 15) is 18.1 Å². The summed E-state index contributed by atoms with van der Waals surface area (Å²) in [7, 11) is -4.32. The van der Waals surface area contributed by atoms with Gasteiger partial charge in [0.1, 0.15) is 5.75 Å². The zero-order valence-corrected chi connectivity index (χ0v) is 11.9. The zero-order chi connectivity index (χ0) is 15.3. The third kappa shape index (κ3) is 4.59. The Morgan fingerprint density at radius 3 is 2.10 bits per heavy atom. The van der Waals surface area contributed by atoms with Crippen LogP contribution in [-0.4, -0.2) is 18.1 Å². The maximum atomic E-state index is 11.4. The summed E-state index contributed by atoms with van der Waals surface area (Å²) in [5.41, 5.74) is 1.37. The van der Waals surface area contributed by atoms with Gasteiger partial charge in [-0.05, 0) is 35.4 Å². The first kappa shape index (κ1) is 15.0. The predicted octanol–water partition coefficient (Wildman–Crippen LogP) is 3.33. The molecule has 0 amide bonds. The number of aromatic hydroxyl groups is 1. The lowest BCUT2D eigenvalue weighted by Crippen LogP contribution is -1.99. The van der Waals surface area contributed by atoms with Gasteiger partial charge in [-0.3, -0.25) is 4.55 Å². The van der Waals surface area contributed by atoms with E-state index < -0.39 is 10.1 Å². The van der Waals surface area contributed by atoms with Gasteiger partial charge in [0, 0.05) is 0 Å². The Morgan fingerprint density at radius 2 is 1.52 bits per heavy atom. The van der Waals surface area contributed by atoms with Crippen molar-refractivity contribution in [1.82, 2.24) is 0 Å². The highest BCUT2D eigenvalue weighted by Crippen LogP contribution is 2.16. The predicted molar refractivity (Wildman–Crippen MR) is 83.1 cm³/mol. The first-order valence-electron chi connectivity index (χ1n) is 6.16. The summed E-state index contributed by atoms with van der Waals surface area (Å²) in [6, 6.07) is 15.1. The monoisotopic (exact) mass is 302 g/mol. The Morgan fingerprint density at radius 1 is 0.905 bits per heavy atom. The molecule has 0 unspecified atom stereocenters. The highest BCUT2D eigenvalue weighted by atomic mass is 32.2. The second-order valence-electron chi connectivity index (χ2n) is 4.36. The highest BCUT2D eigenvalue weighted by molar-refractivity contribution is 7.90. The molecule has 0 aliphatic rings. The molecule has 0 bridgehead atoms. The molecule has 2 aromatic carbocycles. The van der Waals surface area contributed by atoms with Crippen LogP contribution in [0.25, 0.3) is 12.2 Å². The van der Waals surface area contributed by atoms with Crippen molar-refractivity contribution in [2.75, 3.05) is 0 Å². The molecule has 5 heteroatoms. The molecule has 0 fully saturated rings. The van der Waals surface area contributed by atoms with E-state index >= 15 is 0 Å². The molecule has 2 rings (SSSR count). The van der Waals surface area contributed by atoms with E-state index in [2.05, 4.69) is 0 Å². The van der Waals surface area contributed by atoms with E-state index in [4.69, 9.17) is 0 Å². The normalized spacial score (nSPS) is 12.7. The molecular formula is C16H14O4S. The minimum atomic E-state index is -4.32. The third-order valence-corrected chi connectivity index (χ3v) is 3.59. The average Bonchev–Trinajstić information content (AvgIpc) is 2.45. The summed E-state index contributed by atoms with van der Waals surface area (Å²) in [5.74, 6) is 0.127. The topological polar surface area (TPSA) is 74.6 Å². The molecule has 0 spiro atoms. The fourth-order valence-electron chi connectivity index (χ4n) is 1.69. The first-order chi connectivity index (χ1) is 9.95. The van der Waals surface area contributed by atoms with Crippen LogP contribution in [0, 0.1) is 0 Å². The Labute approximate surface area is 123 Å².